The molecule has 1 saturated carbocycles. The first-order valence-electron chi connectivity index (χ1n) is 7.22. The average Bonchev–Trinajstić information content (AvgIpc) is 2.41. The van der Waals surface area contributed by atoms with Crippen LogP contribution in [0.25, 0.3) is 0 Å². The quantitative estimate of drug-likeness (QED) is 0.824. The van der Waals surface area contributed by atoms with Crippen LogP contribution in [0.15, 0.2) is 18.3 Å². The molecule has 1 aromatic heterocycles. The Hall–Kier alpha value is -1.09. The number of rotatable bonds is 1. The fourth-order valence-corrected chi connectivity index (χ4v) is 3.59. The molecule has 3 nitrogen and oxygen atoms in total. The highest BCUT2D eigenvalue weighted by atomic mass is 15.3. The predicted molar refractivity (Wildman–Crippen MR) is 75.0 cm³/mol. The van der Waals surface area contributed by atoms with E-state index in [0.717, 1.165) is 19.6 Å². The lowest BCUT2D eigenvalue weighted by Gasteiger charge is -2.50. The normalized spacial score (nSPS) is 23.3. The second-order valence-corrected chi connectivity index (χ2v) is 5.76. The maximum Gasteiger partial charge on any atom is 0.131 e. The van der Waals surface area contributed by atoms with Crippen LogP contribution in [0, 0.1) is 6.92 Å². The summed E-state index contributed by atoms with van der Waals surface area (Å²) in [5, 5.41) is 3.60. The molecule has 0 bridgehead atoms. The van der Waals surface area contributed by atoms with Crippen molar-refractivity contribution in [1.29, 1.82) is 0 Å². The summed E-state index contributed by atoms with van der Waals surface area (Å²) in [5.41, 5.74) is 1.64. The van der Waals surface area contributed by atoms with Gasteiger partial charge in [-0.15, -0.1) is 0 Å². The lowest BCUT2D eigenvalue weighted by Crippen LogP contribution is -2.62. The number of nitrogens with one attached hydrogen (secondary N) is 1. The molecule has 0 aromatic carbocycles. The Morgan fingerprint density at radius 1 is 1.28 bits per heavy atom. The average molecular weight is 245 g/mol. The van der Waals surface area contributed by atoms with Crippen LogP contribution in [0.1, 0.15) is 37.7 Å². The van der Waals surface area contributed by atoms with Crippen molar-refractivity contribution in [3.8, 4) is 0 Å². The van der Waals surface area contributed by atoms with Crippen LogP contribution < -0.4 is 10.2 Å². The number of aryl methyl sites for hydroxylation is 1. The van der Waals surface area contributed by atoms with Crippen molar-refractivity contribution in [1.82, 2.24) is 10.3 Å². The largest absolute Gasteiger partial charge is 0.348 e. The lowest BCUT2D eigenvalue weighted by atomic mass is 9.79. The molecule has 0 amide bonds. The van der Waals surface area contributed by atoms with Gasteiger partial charge < -0.3 is 10.2 Å². The van der Waals surface area contributed by atoms with Crippen molar-refractivity contribution >= 4 is 5.82 Å². The van der Waals surface area contributed by atoms with Crippen LogP contribution in [0.2, 0.25) is 0 Å². The van der Waals surface area contributed by atoms with Gasteiger partial charge in [-0.05, 0) is 31.4 Å². The van der Waals surface area contributed by atoms with Crippen molar-refractivity contribution in [2.75, 3.05) is 24.5 Å². The van der Waals surface area contributed by atoms with E-state index in [1.165, 1.54) is 43.5 Å². The molecule has 1 aliphatic carbocycles. The maximum absolute atomic E-state index is 4.65. The molecular formula is C15H23N3. The number of anilines is 1. The monoisotopic (exact) mass is 245 g/mol. The third kappa shape index (κ3) is 2.01. The smallest absolute Gasteiger partial charge is 0.131 e. The number of aromatic nitrogens is 1. The maximum atomic E-state index is 4.65. The Labute approximate surface area is 110 Å². The standard InChI is InChI=1S/C15H23N3/c1-13-6-5-9-17-14(13)18-11-10-16-12-15(18)7-3-2-4-8-15/h5-6,9,16H,2-4,7-8,10-12H2,1H3. The van der Waals surface area contributed by atoms with Gasteiger partial charge in [0.25, 0.3) is 0 Å². The van der Waals surface area contributed by atoms with Gasteiger partial charge in [-0.2, -0.15) is 0 Å². The number of pyridine rings is 1. The number of hydrogen-bond acceptors (Lipinski definition) is 3. The molecule has 0 radical (unpaired) electrons. The minimum absolute atomic E-state index is 0.329. The summed E-state index contributed by atoms with van der Waals surface area (Å²) in [6.45, 7) is 5.49. The first kappa shape index (κ1) is 12.0. The Morgan fingerprint density at radius 2 is 2.11 bits per heavy atom. The van der Waals surface area contributed by atoms with E-state index in [4.69, 9.17) is 0 Å². The van der Waals surface area contributed by atoms with E-state index in [2.05, 4.69) is 28.2 Å². The fourth-order valence-electron chi connectivity index (χ4n) is 3.59. The lowest BCUT2D eigenvalue weighted by molar-refractivity contribution is 0.239. The zero-order chi connectivity index (χ0) is 12.4. The molecule has 3 rings (SSSR count). The van der Waals surface area contributed by atoms with Crippen LogP contribution in [0.3, 0.4) is 0 Å². The van der Waals surface area contributed by atoms with E-state index in [1.54, 1.807) is 0 Å². The highest BCUT2D eigenvalue weighted by molar-refractivity contribution is 5.49. The van der Waals surface area contributed by atoms with Gasteiger partial charge in [-0.1, -0.05) is 25.3 Å². The molecule has 2 heterocycles. The van der Waals surface area contributed by atoms with Crippen LogP contribution >= 0.6 is 0 Å². The van der Waals surface area contributed by atoms with Gasteiger partial charge in [-0.25, -0.2) is 4.98 Å². The van der Waals surface area contributed by atoms with Gasteiger partial charge in [-0.3, -0.25) is 0 Å². The van der Waals surface area contributed by atoms with Crippen LogP contribution in [-0.4, -0.2) is 30.2 Å². The third-order valence-corrected chi connectivity index (χ3v) is 4.56. The van der Waals surface area contributed by atoms with Crippen molar-refractivity contribution in [2.45, 2.75) is 44.6 Å². The molecule has 18 heavy (non-hydrogen) atoms. The minimum atomic E-state index is 0.329. The highest BCUT2D eigenvalue weighted by Crippen LogP contribution is 2.37. The van der Waals surface area contributed by atoms with Crippen LogP contribution in [0.4, 0.5) is 5.82 Å². The second kappa shape index (κ2) is 4.88. The van der Waals surface area contributed by atoms with E-state index in [-0.39, 0.29) is 0 Å². The molecule has 0 atom stereocenters. The first-order valence-corrected chi connectivity index (χ1v) is 7.22. The topological polar surface area (TPSA) is 28.2 Å². The summed E-state index contributed by atoms with van der Waals surface area (Å²) in [6, 6.07) is 4.22. The van der Waals surface area contributed by atoms with Gasteiger partial charge in [0.2, 0.25) is 0 Å². The summed E-state index contributed by atoms with van der Waals surface area (Å²) < 4.78 is 0. The van der Waals surface area contributed by atoms with Crippen molar-refractivity contribution < 1.29 is 0 Å². The molecule has 98 valence electrons. The Morgan fingerprint density at radius 3 is 2.89 bits per heavy atom. The highest BCUT2D eigenvalue weighted by Gasteiger charge is 2.40. The molecule has 2 fully saturated rings. The van der Waals surface area contributed by atoms with Crippen molar-refractivity contribution in [2.24, 2.45) is 0 Å². The molecular weight excluding hydrogens is 222 g/mol. The zero-order valence-electron chi connectivity index (χ0n) is 11.3. The van der Waals surface area contributed by atoms with Gasteiger partial charge in [0.15, 0.2) is 0 Å². The van der Waals surface area contributed by atoms with Gasteiger partial charge in [0, 0.05) is 25.8 Å². The molecule has 1 N–H and O–H groups in total. The Kier molecular flexibility index (Phi) is 3.25. The number of piperazine rings is 1. The molecule has 1 saturated heterocycles. The van der Waals surface area contributed by atoms with Gasteiger partial charge in [0.1, 0.15) is 5.82 Å². The minimum Gasteiger partial charge on any atom is -0.348 e. The van der Waals surface area contributed by atoms with E-state index in [0.29, 0.717) is 5.54 Å². The van der Waals surface area contributed by atoms with Crippen LogP contribution in [-0.2, 0) is 0 Å². The van der Waals surface area contributed by atoms with E-state index < -0.39 is 0 Å². The molecule has 1 aromatic rings. The van der Waals surface area contributed by atoms with Crippen LogP contribution in [0.5, 0.6) is 0 Å². The van der Waals surface area contributed by atoms with Gasteiger partial charge in [0.05, 0.1) is 5.54 Å². The first-order chi connectivity index (χ1) is 8.82. The summed E-state index contributed by atoms with van der Waals surface area (Å²) in [7, 11) is 0. The summed E-state index contributed by atoms with van der Waals surface area (Å²) in [6.07, 6.45) is 8.69. The summed E-state index contributed by atoms with van der Waals surface area (Å²) in [4.78, 5) is 7.24. The van der Waals surface area contributed by atoms with E-state index in [9.17, 15) is 0 Å². The van der Waals surface area contributed by atoms with E-state index in [1.807, 2.05) is 12.3 Å². The zero-order valence-corrected chi connectivity index (χ0v) is 11.3. The molecule has 1 aliphatic heterocycles. The number of nitrogens with zero attached hydrogens (tertiary/aromatic N) is 2. The van der Waals surface area contributed by atoms with Crippen molar-refractivity contribution in [3.05, 3.63) is 23.9 Å². The summed E-state index contributed by atoms with van der Waals surface area (Å²) in [5.74, 6) is 1.21. The van der Waals surface area contributed by atoms with Gasteiger partial charge >= 0.3 is 0 Å². The summed E-state index contributed by atoms with van der Waals surface area (Å²) >= 11 is 0. The molecule has 1 spiro atoms. The third-order valence-electron chi connectivity index (χ3n) is 4.56. The SMILES string of the molecule is Cc1cccnc1N1CCNCC12CCCCC2. The Balaban J connectivity index is 1.94. The molecule has 3 heteroatoms. The molecule has 0 unspecified atom stereocenters. The predicted octanol–water partition coefficient (Wildman–Crippen LogP) is 2.50. The molecule has 2 aliphatic rings. The Bertz CT molecular complexity index is 402. The van der Waals surface area contributed by atoms with E-state index >= 15 is 0 Å². The second-order valence-electron chi connectivity index (χ2n) is 5.76. The fraction of sp³-hybridized carbons (Fsp3) is 0.667. The number of hydrogen-bond donors (Lipinski definition) is 1. The van der Waals surface area contributed by atoms with Crippen molar-refractivity contribution in [3.63, 3.8) is 0 Å².